The fourth-order valence-electron chi connectivity index (χ4n) is 2.90. The largest absolute Gasteiger partial charge is 0.282 e. The summed E-state index contributed by atoms with van der Waals surface area (Å²) in [5.41, 5.74) is 4.04. The van der Waals surface area contributed by atoms with Crippen molar-refractivity contribution in [2.24, 2.45) is 5.10 Å². The van der Waals surface area contributed by atoms with Crippen LogP contribution in [0.3, 0.4) is 0 Å². The molecule has 4 rings (SSSR count). The molecule has 0 fully saturated rings. The van der Waals surface area contributed by atoms with Crippen molar-refractivity contribution in [2.45, 2.75) is 13.8 Å². The zero-order chi connectivity index (χ0) is 18.8. The van der Waals surface area contributed by atoms with Crippen molar-refractivity contribution in [3.05, 3.63) is 94.5 Å². The third-order valence-corrected chi connectivity index (χ3v) is 4.39. The van der Waals surface area contributed by atoms with Crippen LogP contribution in [0.4, 0.5) is 0 Å². The fourth-order valence-corrected chi connectivity index (χ4v) is 2.90. The first-order valence-corrected chi connectivity index (χ1v) is 8.68. The zero-order valence-electron chi connectivity index (χ0n) is 15.1. The molecule has 5 heteroatoms. The predicted molar refractivity (Wildman–Crippen MR) is 108 cm³/mol. The van der Waals surface area contributed by atoms with Crippen LogP contribution in [-0.4, -0.2) is 20.4 Å². The first kappa shape index (κ1) is 16.8. The maximum Gasteiger partial charge on any atom is 0.282 e. The molecule has 0 radical (unpaired) electrons. The van der Waals surface area contributed by atoms with E-state index in [1.165, 1.54) is 10.2 Å². The minimum absolute atomic E-state index is 0.203. The number of para-hydroxylation sites is 1. The second-order valence-corrected chi connectivity index (χ2v) is 6.36. The number of rotatable bonds is 3. The Morgan fingerprint density at radius 1 is 1.00 bits per heavy atom. The summed E-state index contributed by atoms with van der Waals surface area (Å²) in [6.45, 7) is 3.92. The Bertz CT molecular complexity index is 1190. The molecular weight excluding hydrogens is 336 g/mol. The van der Waals surface area contributed by atoms with Crippen LogP contribution in [0.15, 0.2) is 83.0 Å². The Kier molecular flexibility index (Phi) is 4.34. The highest BCUT2D eigenvalue weighted by molar-refractivity contribution is 5.98. The Balaban J connectivity index is 1.98. The minimum atomic E-state index is -0.203. The van der Waals surface area contributed by atoms with Gasteiger partial charge in [0.25, 0.3) is 5.56 Å². The van der Waals surface area contributed by atoms with E-state index in [1.807, 2.05) is 68.4 Å². The van der Waals surface area contributed by atoms with E-state index in [1.54, 1.807) is 18.5 Å². The average molecular weight is 354 g/mol. The number of aryl methyl sites for hydroxylation is 1. The lowest BCUT2D eigenvalue weighted by atomic mass is 10.1. The van der Waals surface area contributed by atoms with Crippen LogP contribution < -0.4 is 5.56 Å². The maximum absolute atomic E-state index is 13.1. The summed E-state index contributed by atoms with van der Waals surface area (Å²) < 4.78 is 1.37. The van der Waals surface area contributed by atoms with Gasteiger partial charge in [0.15, 0.2) is 5.82 Å². The molecule has 2 aromatic heterocycles. The van der Waals surface area contributed by atoms with Gasteiger partial charge in [0.05, 0.1) is 16.6 Å². The van der Waals surface area contributed by atoms with E-state index >= 15 is 0 Å². The first-order valence-electron chi connectivity index (χ1n) is 8.68. The number of fused-ring (bicyclic) bond motifs is 1. The van der Waals surface area contributed by atoms with E-state index in [9.17, 15) is 4.79 Å². The molecule has 0 saturated carbocycles. The van der Waals surface area contributed by atoms with E-state index in [4.69, 9.17) is 0 Å². The van der Waals surface area contributed by atoms with Crippen LogP contribution in [0.2, 0.25) is 0 Å². The van der Waals surface area contributed by atoms with Crippen LogP contribution in [0.5, 0.6) is 0 Å². The summed E-state index contributed by atoms with van der Waals surface area (Å²) in [4.78, 5) is 22.0. The molecule has 0 N–H and O–H groups in total. The minimum Gasteiger partial charge on any atom is -0.267 e. The molecule has 132 valence electrons. The Hall–Kier alpha value is -3.60. The van der Waals surface area contributed by atoms with Gasteiger partial charge in [0, 0.05) is 18.0 Å². The van der Waals surface area contributed by atoms with Crippen LogP contribution in [0.1, 0.15) is 18.1 Å². The number of aromatic nitrogens is 3. The second kappa shape index (κ2) is 6.96. The molecule has 0 atom stereocenters. The lowest BCUT2D eigenvalue weighted by molar-refractivity contribution is 0.823. The summed E-state index contributed by atoms with van der Waals surface area (Å²) >= 11 is 0. The van der Waals surface area contributed by atoms with Gasteiger partial charge in [-0.2, -0.15) is 9.78 Å². The number of benzene rings is 2. The first-order chi connectivity index (χ1) is 13.1. The molecule has 0 spiro atoms. The molecule has 5 nitrogen and oxygen atoms in total. The van der Waals surface area contributed by atoms with Crippen molar-refractivity contribution in [1.29, 1.82) is 0 Å². The Labute approximate surface area is 156 Å². The van der Waals surface area contributed by atoms with E-state index in [0.717, 1.165) is 16.8 Å². The molecule has 2 aromatic carbocycles. The van der Waals surface area contributed by atoms with Crippen molar-refractivity contribution in [3.8, 4) is 11.4 Å². The van der Waals surface area contributed by atoms with Gasteiger partial charge >= 0.3 is 0 Å². The van der Waals surface area contributed by atoms with Gasteiger partial charge in [-0.05, 0) is 43.7 Å². The fraction of sp³-hybridized carbons (Fsp3) is 0.0909. The number of hydrogen-bond acceptors (Lipinski definition) is 4. The van der Waals surface area contributed by atoms with Crippen molar-refractivity contribution in [2.75, 3.05) is 0 Å². The van der Waals surface area contributed by atoms with Crippen molar-refractivity contribution in [1.82, 2.24) is 14.6 Å². The topological polar surface area (TPSA) is 60.1 Å². The number of hydrogen-bond donors (Lipinski definition) is 0. The lowest BCUT2D eigenvalue weighted by Gasteiger charge is -2.10. The SMILES string of the molecule is CC(=Nn1c(-c2cccnc2)nc2ccccc2c1=O)c1ccc(C)cc1. The molecule has 0 amide bonds. The van der Waals surface area contributed by atoms with Gasteiger partial charge in [-0.1, -0.05) is 42.0 Å². The predicted octanol–water partition coefficient (Wildman–Crippen LogP) is 4.04. The molecule has 0 aliphatic heterocycles. The highest BCUT2D eigenvalue weighted by Gasteiger charge is 2.13. The smallest absolute Gasteiger partial charge is 0.267 e. The third kappa shape index (κ3) is 3.27. The molecular formula is C22H18N4O. The van der Waals surface area contributed by atoms with Gasteiger partial charge in [0.2, 0.25) is 0 Å². The van der Waals surface area contributed by atoms with E-state index in [-0.39, 0.29) is 5.56 Å². The van der Waals surface area contributed by atoms with Crippen molar-refractivity contribution in [3.63, 3.8) is 0 Å². The highest BCUT2D eigenvalue weighted by Crippen LogP contribution is 2.18. The molecule has 0 aliphatic rings. The van der Waals surface area contributed by atoms with Crippen LogP contribution >= 0.6 is 0 Å². The van der Waals surface area contributed by atoms with Gasteiger partial charge in [-0.25, -0.2) is 4.98 Å². The quantitative estimate of drug-likeness (QED) is 0.522. The molecule has 4 aromatic rings. The third-order valence-electron chi connectivity index (χ3n) is 4.39. The molecule has 0 bridgehead atoms. The Morgan fingerprint density at radius 3 is 2.52 bits per heavy atom. The van der Waals surface area contributed by atoms with E-state index in [2.05, 4.69) is 15.1 Å². The van der Waals surface area contributed by atoms with Gasteiger partial charge in [-0.3, -0.25) is 9.78 Å². The number of pyridine rings is 1. The molecule has 0 saturated heterocycles. The summed E-state index contributed by atoms with van der Waals surface area (Å²) in [6, 6.07) is 19.0. The lowest BCUT2D eigenvalue weighted by Crippen LogP contribution is -2.21. The van der Waals surface area contributed by atoms with Crippen LogP contribution in [0, 0.1) is 6.92 Å². The molecule has 0 aliphatic carbocycles. The maximum atomic E-state index is 13.1. The van der Waals surface area contributed by atoms with E-state index < -0.39 is 0 Å². The Morgan fingerprint density at radius 2 is 1.78 bits per heavy atom. The summed E-state index contributed by atoms with van der Waals surface area (Å²) in [5, 5.41) is 5.15. The molecule has 27 heavy (non-hydrogen) atoms. The highest BCUT2D eigenvalue weighted by atomic mass is 16.1. The normalized spacial score (nSPS) is 11.7. The zero-order valence-corrected chi connectivity index (χ0v) is 15.1. The van der Waals surface area contributed by atoms with Gasteiger partial charge < -0.3 is 0 Å². The molecule has 0 unspecified atom stereocenters. The van der Waals surface area contributed by atoms with Gasteiger partial charge in [-0.15, -0.1) is 0 Å². The van der Waals surface area contributed by atoms with Crippen LogP contribution in [0.25, 0.3) is 22.3 Å². The van der Waals surface area contributed by atoms with Crippen LogP contribution in [-0.2, 0) is 0 Å². The summed E-state index contributed by atoms with van der Waals surface area (Å²) in [7, 11) is 0. The van der Waals surface area contributed by atoms with E-state index in [0.29, 0.717) is 16.7 Å². The monoisotopic (exact) mass is 354 g/mol. The van der Waals surface area contributed by atoms with Gasteiger partial charge in [0.1, 0.15) is 0 Å². The van der Waals surface area contributed by atoms with Crippen molar-refractivity contribution < 1.29 is 0 Å². The average Bonchev–Trinajstić information content (AvgIpc) is 2.71. The summed E-state index contributed by atoms with van der Waals surface area (Å²) in [5.74, 6) is 0.471. The molecule has 2 heterocycles. The van der Waals surface area contributed by atoms with Crippen molar-refractivity contribution >= 4 is 16.6 Å². The second-order valence-electron chi connectivity index (χ2n) is 6.36. The standard InChI is InChI=1S/C22H18N4O/c1-15-9-11-17(12-10-15)16(2)25-26-21(18-6-5-13-23-14-18)24-20-8-4-3-7-19(20)22(26)27/h3-14H,1-2H3. The summed E-state index contributed by atoms with van der Waals surface area (Å²) in [6.07, 6.45) is 3.37. The number of nitrogens with zero attached hydrogens (tertiary/aromatic N) is 4.